The van der Waals surface area contributed by atoms with Crippen molar-refractivity contribution in [2.45, 2.75) is 38.0 Å². The first-order chi connectivity index (χ1) is 13.8. The van der Waals surface area contributed by atoms with Crippen LogP contribution in [-0.2, 0) is 20.6 Å². The molecular weight excluding hydrogens is 392 g/mol. The molecule has 0 bridgehead atoms. The molecule has 2 heterocycles. The molecule has 1 aromatic carbocycles. The summed E-state index contributed by atoms with van der Waals surface area (Å²) in [6, 6.07) is 10.8. The van der Waals surface area contributed by atoms with Crippen molar-refractivity contribution in [1.82, 2.24) is 14.4 Å². The zero-order valence-electron chi connectivity index (χ0n) is 16.9. The molecule has 29 heavy (non-hydrogen) atoms. The van der Waals surface area contributed by atoms with Gasteiger partial charge in [-0.2, -0.15) is 0 Å². The molecule has 0 saturated carbocycles. The van der Waals surface area contributed by atoms with Crippen LogP contribution in [0.2, 0.25) is 0 Å². The first-order valence-electron chi connectivity index (χ1n) is 9.78. The summed E-state index contributed by atoms with van der Waals surface area (Å²) in [6.45, 7) is 3.44. The molecule has 158 valence electrons. The zero-order chi connectivity index (χ0) is 20.9. The SMILES string of the molecule is Cc1cc(NC(=O)CN2CCC[C@H](N(C)S(=O)(=O)Cc3ccccc3)CC2)no1. The molecule has 1 aliphatic rings. The summed E-state index contributed by atoms with van der Waals surface area (Å²) < 4.78 is 32.1. The van der Waals surface area contributed by atoms with E-state index in [1.807, 2.05) is 30.3 Å². The minimum Gasteiger partial charge on any atom is -0.360 e. The van der Waals surface area contributed by atoms with Crippen molar-refractivity contribution in [2.75, 3.05) is 32.0 Å². The lowest BCUT2D eigenvalue weighted by Gasteiger charge is -2.26. The van der Waals surface area contributed by atoms with Crippen LogP contribution in [-0.4, -0.2) is 61.4 Å². The quantitative estimate of drug-likeness (QED) is 0.738. The Morgan fingerprint density at radius 2 is 2.03 bits per heavy atom. The third-order valence-corrected chi connectivity index (χ3v) is 7.07. The topological polar surface area (TPSA) is 95.8 Å². The van der Waals surface area contributed by atoms with Gasteiger partial charge >= 0.3 is 0 Å². The number of carbonyl (C=O) groups excluding carboxylic acids is 1. The molecule has 0 radical (unpaired) electrons. The van der Waals surface area contributed by atoms with Gasteiger partial charge in [-0.3, -0.25) is 9.69 Å². The maximum absolute atomic E-state index is 12.8. The molecule has 3 rings (SSSR count). The van der Waals surface area contributed by atoms with E-state index in [1.54, 1.807) is 20.0 Å². The van der Waals surface area contributed by atoms with Gasteiger partial charge in [0.2, 0.25) is 15.9 Å². The van der Waals surface area contributed by atoms with Crippen molar-refractivity contribution in [3.63, 3.8) is 0 Å². The summed E-state index contributed by atoms with van der Waals surface area (Å²) in [4.78, 5) is 14.3. The average Bonchev–Trinajstić information content (AvgIpc) is 2.94. The Hall–Kier alpha value is -2.23. The second kappa shape index (κ2) is 9.51. The van der Waals surface area contributed by atoms with E-state index in [1.165, 1.54) is 4.31 Å². The zero-order valence-corrected chi connectivity index (χ0v) is 17.7. The normalized spacial score (nSPS) is 18.5. The molecule has 1 aliphatic heterocycles. The van der Waals surface area contributed by atoms with Crippen LogP contribution in [0.4, 0.5) is 5.82 Å². The van der Waals surface area contributed by atoms with E-state index >= 15 is 0 Å². The predicted octanol–water partition coefficient (Wildman–Crippen LogP) is 2.24. The monoisotopic (exact) mass is 420 g/mol. The minimum absolute atomic E-state index is 0.00404. The van der Waals surface area contributed by atoms with Gasteiger partial charge in [0, 0.05) is 25.7 Å². The molecule has 1 N–H and O–H groups in total. The number of benzene rings is 1. The Bertz CT molecular complexity index is 914. The largest absolute Gasteiger partial charge is 0.360 e. The number of nitrogens with zero attached hydrogens (tertiary/aromatic N) is 3. The van der Waals surface area contributed by atoms with Crippen LogP contribution in [0.25, 0.3) is 0 Å². The van der Waals surface area contributed by atoms with E-state index in [2.05, 4.69) is 15.4 Å². The van der Waals surface area contributed by atoms with Crippen molar-refractivity contribution in [1.29, 1.82) is 0 Å². The number of sulfonamides is 1. The van der Waals surface area contributed by atoms with Crippen LogP contribution in [0.5, 0.6) is 0 Å². The van der Waals surface area contributed by atoms with Crippen LogP contribution < -0.4 is 5.32 Å². The number of aryl methyl sites for hydroxylation is 1. The summed E-state index contributed by atoms with van der Waals surface area (Å²) in [5.74, 6) is 0.899. The molecule has 1 saturated heterocycles. The molecular formula is C20H28N4O4S. The summed E-state index contributed by atoms with van der Waals surface area (Å²) in [6.07, 6.45) is 2.32. The fourth-order valence-electron chi connectivity index (χ4n) is 3.58. The van der Waals surface area contributed by atoms with Crippen LogP contribution in [0.15, 0.2) is 40.9 Å². The Labute approximate surface area is 171 Å². The summed E-state index contributed by atoms with van der Waals surface area (Å²) in [5.41, 5.74) is 0.786. The van der Waals surface area contributed by atoms with Gasteiger partial charge in [0.05, 0.1) is 12.3 Å². The van der Waals surface area contributed by atoms with Crippen LogP contribution in [0, 0.1) is 6.92 Å². The highest BCUT2D eigenvalue weighted by Gasteiger charge is 2.29. The number of rotatable bonds is 7. The number of carbonyl (C=O) groups is 1. The number of nitrogens with one attached hydrogen (secondary N) is 1. The van der Waals surface area contributed by atoms with Crippen molar-refractivity contribution >= 4 is 21.7 Å². The van der Waals surface area contributed by atoms with Crippen molar-refractivity contribution < 1.29 is 17.7 Å². The number of hydrogen-bond acceptors (Lipinski definition) is 6. The van der Waals surface area contributed by atoms with E-state index in [0.29, 0.717) is 24.5 Å². The molecule has 1 aromatic heterocycles. The third-order valence-electron chi connectivity index (χ3n) is 5.20. The summed E-state index contributed by atoms with van der Waals surface area (Å²) in [5, 5.41) is 6.49. The predicted molar refractivity (Wildman–Crippen MR) is 111 cm³/mol. The Morgan fingerprint density at radius 1 is 1.28 bits per heavy atom. The third kappa shape index (κ3) is 6.12. The van der Waals surface area contributed by atoms with Crippen LogP contribution in [0.1, 0.15) is 30.6 Å². The lowest BCUT2D eigenvalue weighted by molar-refractivity contribution is -0.117. The minimum atomic E-state index is -3.39. The number of aromatic nitrogens is 1. The van der Waals surface area contributed by atoms with E-state index in [4.69, 9.17) is 4.52 Å². The van der Waals surface area contributed by atoms with Crippen LogP contribution >= 0.6 is 0 Å². The Balaban J connectivity index is 1.52. The maximum atomic E-state index is 12.8. The summed E-state index contributed by atoms with van der Waals surface area (Å²) >= 11 is 0. The lowest BCUT2D eigenvalue weighted by Crippen LogP contribution is -2.39. The van der Waals surface area contributed by atoms with Gasteiger partial charge in [-0.1, -0.05) is 35.5 Å². The molecule has 0 aliphatic carbocycles. The second-order valence-corrected chi connectivity index (χ2v) is 9.52. The Morgan fingerprint density at radius 3 is 2.72 bits per heavy atom. The van der Waals surface area contributed by atoms with E-state index in [9.17, 15) is 13.2 Å². The number of hydrogen-bond donors (Lipinski definition) is 1. The van der Waals surface area contributed by atoms with E-state index < -0.39 is 10.0 Å². The molecule has 0 spiro atoms. The van der Waals surface area contributed by atoms with Gasteiger partial charge in [-0.25, -0.2) is 12.7 Å². The maximum Gasteiger partial charge on any atom is 0.239 e. The fraction of sp³-hybridized carbons (Fsp3) is 0.500. The molecule has 1 atom stereocenters. The fourth-order valence-corrected chi connectivity index (χ4v) is 5.07. The number of anilines is 1. The van der Waals surface area contributed by atoms with E-state index in [-0.39, 0.29) is 24.2 Å². The van der Waals surface area contributed by atoms with Crippen molar-refractivity contribution in [2.24, 2.45) is 0 Å². The number of likely N-dealkylation sites (tertiary alicyclic amines) is 1. The lowest BCUT2D eigenvalue weighted by atomic mass is 10.1. The molecule has 0 unspecified atom stereocenters. The van der Waals surface area contributed by atoms with E-state index in [0.717, 1.165) is 24.9 Å². The highest BCUT2D eigenvalue weighted by atomic mass is 32.2. The molecule has 8 nitrogen and oxygen atoms in total. The standard InChI is InChI=1S/C20H28N4O4S/c1-16-13-19(22-28-16)21-20(25)14-24-11-6-9-18(10-12-24)23(2)29(26,27)15-17-7-4-3-5-8-17/h3-5,7-8,13,18H,6,9-12,14-15H2,1-2H3,(H,21,22,25)/t18-/m0/s1. The van der Waals surface area contributed by atoms with Crippen LogP contribution in [0.3, 0.4) is 0 Å². The van der Waals surface area contributed by atoms with Gasteiger partial charge in [-0.05, 0) is 38.3 Å². The van der Waals surface area contributed by atoms with Crippen molar-refractivity contribution in [3.05, 3.63) is 47.7 Å². The first-order valence-corrected chi connectivity index (χ1v) is 11.4. The Kier molecular flexibility index (Phi) is 7.05. The van der Waals surface area contributed by atoms with Crippen molar-refractivity contribution in [3.8, 4) is 0 Å². The highest BCUT2D eigenvalue weighted by Crippen LogP contribution is 2.20. The highest BCUT2D eigenvalue weighted by molar-refractivity contribution is 7.88. The average molecular weight is 421 g/mol. The van der Waals surface area contributed by atoms with Gasteiger partial charge < -0.3 is 9.84 Å². The molecule has 9 heteroatoms. The summed E-state index contributed by atoms with van der Waals surface area (Å²) in [7, 11) is -1.73. The van der Waals surface area contributed by atoms with Gasteiger partial charge in [0.1, 0.15) is 5.76 Å². The van der Waals surface area contributed by atoms with Gasteiger partial charge in [0.25, 0.3) is 0 Å². The first kappa shape index (κ1) is 21.5. The van der Waals surface area contributed by atoms with Gasteiger partial charge in [0.15, 0.2) is 5.82 Å². The second-order valence-electron chi connectivity index (χ2n) is 7.49. The molecule has 2 aromatic rings. The smallest absolute Gasteiger partial charge is 0.239 e. The number of amides is 1. The molecule has 1 amide bonds. The van der Waals surface area contributed by atoms with Gasteiger partial charge in [-0.15, -0.1) is 0 Å². The molecule has 1 fully saturated rings.